The van der Waals surface area contributed by atoms with E-state index in [2.05, 4.69) is 34.5 Å². The van der Waals surface area contributed by atoms with Crippen molar-refractivity contribution in [2.45, 2.75) is 38.1 Å². The minimum Gasteiger partial charge on any atom is -0.493 e. The van der Waals surface area contributed by atoms with Gasteiger partial charge in [-0.1, -0.05) is 36.4 Å². The average Bonchev–Trinajstić information content (AvgIpc) is 3.60. The van der Waals surface area contributed by atoms with Crippen LogP contribution in [0.2, 0.25) is 0 Å². The van der Waals surface area contributed by atoms with Crippen LogP contribution in [0.25, 0.3) is 11.0 Å². The summed E-state index contributed by atoms with van der Waals surface area (Å²) < 4.78 is 11.3. The highest BCUT2D eigenvalue weighted by Crippen LogP contribution is 2.41. The third-order valence-corrected chi connectivity index (χ3v) is 8.53. The van der Waals surface area contributed by atoms with Crippen LogP contribution < -0.4 is 10.1 Å². The fourth-order valence-electron chi connectivity index (χ4n) is 6.09. The molecule has 2 saturated heterocycles. The van der Waals surface area contributed by atoms with Crippen molar-refractivity contribution in [2.75, 3.05) is 33.3 Å². The van der Waals surface area contributed by atoms with Crippen LogP contribution in [0.5, 0.6) is 5.75 Å². The normalized spacial score (nSPS) is 19.3. The third kappa shape index (κ3) is 4.16. The number of methoxy groups -OCH3 is 1. The van der Waals surface area contributed by atoms with Crippen LogP contribution in [0.4, 0.5) is 0 Å². The molecule has 1 spiro atoms. The first-order chi connectivity index (χ1) is 17.0. The highest BCUT2D eigenvalue weighted by atomic mass is 32.1. The van der Waals surface area contributed by atoms with E-state index in [4.69, 9.17) is 21.4 Å². The number of hydrogen-bond acceptors (Lipinski definition) is 4. The molecule has 0 atom stereocenters. The molecule has 1 N–H and O–H groups in total. The number of thiocarbonyl (C=S) groups is 1. The Morgan fingerprint density at radius 1 is 1.03 bits per heavy atom. The van der Waals surface area contributed by atoms with Gasteiger partial charge in [0.1, 0.15) is 0 Å². The maximum atomic E-state index is 13.2. The maximum Gasteiger partial charge on any atom is 0.289 e. The summed E-state index contributed by atoms with van der Waals surface area (Å²) >= 11 is 5.82. The zero-order valence-corrected chi connectivity index (χ0v) is 20.9. The van der Waals surface area contributed by atoms with Gasteiger partial charge < -0.3 is 24.3 Å². The van der Waals surface area contributed by atoms with E-state index in [0.29, 0.717) is 23.1 Å². The Bertz CT molecular complexity index is 1250. The summed E-state index contributed by atoms with van der Waals surface area (Å²) in [5.74, 6) is 0.999. The Morgan fingerprint density at radius 2 is 1.71 bits per heavy atom. The molecule has 3 aliphatic rings. The quantitative estimate of drug-likeness (QED) is 0.550. The van der Waals surface area contributed by atoms with Gasteiger partial charge in [-0.3, -0.25) is 4.79 Å². The molecular formula is C28H31N3O3S. The van der Waals surface area contributed by atoms with Crippen molar-refractivity contribution < 1.29 is 13.9 Å². The van der Waals surface area contributed by atoms with E-state index < -0.39 is 0 Å². The van der Waals surface area contributed by atoms with Gasteiger partial charge in [0.25, 0.3) is 5.91 Å². The summed E-state index contributed by atoms with van der Waals surface area (Å²) in [7, 11) is 1.61. The number of likely N-dealkylation sites (tertiary alicyclic amines) is 2. The number of nitrogens with one attached hydrogen (secondary N) is 1. The molecule has 3 heterocycles. The molecule has 2 fully saturated rings. The molecule has 1 aromatic heterocycles. The molecule has 2 aromatic carbocycles. The molecule has 182 valence electrons. The number of ether oxygens (including phenoxy) is 1. The summed E-state index contributed by atoms with van der Waals surface area (Å²) in [6.07, 6.45) is 5.20. The highest BCUT2D eigenvalue weighted by molar-refractivity contribution is 7.80. The average molecular weight is 490 g/mol. The van der Waals surface area contributed by atoms with Gasteiger partial charge >= 0.3 is 0 Å². The van der Waals surface area contributed by atoms with Gasteiger partial charge in [0, 0.05) is 37.6 Å². The Morgan fingerprint density at radius 3 is 2.40 bits per heavy atom. The van der Waals surface area contributed by atoms with E-state index in [1.165, 1.54) is 11.1 Å². The summed E-state index contributed by atoms with van der Waals surface area (Å²) in [5.41, 5.74) is 3.74. The lowest BCUT2D eigenvalue weighted by Crippen LogP contribution is -2.47. The predicted molar refractivity (Wildman–Crippen MR) is 140 cm³/mol. The van der Waals surface area contributed by atoms with Gasteiger partial charge in [-0.25, -0.2) is 0 Å². The number of carbonyl (C=O) groups is 1. The molecule has 1 aliphatic carbocycles. The molecule has 3 aromatic rings. The van der Waals surface area contributed by atoms with E-state index in [1.54, 1.807) is 7.11 Å². The fourth-order valence-corrected chi connectivity index (χ4v) is 6.41. The van der Waals surface area contributed by atoms with E-state index in [9.17, 15) is 4.79 Å². The lowest BCUT2D eigenvalue weighted by atomic mass is 9.78. The zero-order chi connectivity index (χ0) is 24.0. The lowest BCUT2D eigenvalue weighted by molar-refractivity contribution is 0.0570. The summed E-state index contributed by atoms with van der Waals surface area (Å²) in [6, 6.07) is 16.6. The maximum absolute atomic E-state index is 13.2. The van der Waals surface area contributed by atoms with Crippen molar-refractivity contribution in [1.29, 1.82) is 0 Å². The van der Waals surface area contributed by atoms with Crippen molar-refractivity contribution in [1.82, 2.24) is 15.1 Å². The molecule has 35 heavy (non-hydrogen) atoms. The van der Waals surface area contributed by atoms with Crippen LogP contribution in [-0.2, 0) is 12.8 Å². The zero-order valence-electron chi connectivity index (χ0n) is 20.1. The fraction of sp³-hybridized carbons (Fsp3) is 0.429. The largest absolute Gasteiger partial charge is 0.493 e. The van der Waals surface area contributed by atoms with Gasteiger partial charge in [-0.15, -0.1) is 0 Å². The van der Waals surface area contributed by atoms with Crippen LogP contribution in [0.3, 0.4) is 0 Å². The van der Waals surface area contributed by atoms with Gasteiger partial charge in [-0.05, 0) is 73.0 Å². The van der Waals surface area contributed by atoms with Gasteiger partial charge in [-0.2, -0.15) is 0 Å². The summed E-state index contributed by atoms with van der Waals surface area (Å²) in [4.78, 5) is 17.5. The van der Waals surface area contributed by atoms with Gasteiger partial charge in [0.15, 0.2) is 22.2 Å². The third-order valence-electron chi connectivity index (χ3n) is 8.15. The Labute approximate surface area is 211 Å². The molecule has 2 aliphatic heterocycles. The summed E-state index contributed by atoms with van der Waals surface area (Å²) in [6.45, 7) is 3.46. The second-order valence-corrected chi connectivity index (χ2v) is 10.7. The molecule has 6 nitrogen and oxygen atoms in total. The number of rotatable bonds is 3. The first-order valence-corrected chi connectivity index (χ1v) is 12.9. The molecule has 0 saturated carbocycles. The SMILES string of the molecule is COc1cccc2cc(C(=O)N3CCC4(CC3)CCN(C(=S)NC3Cc5ccccc5C3)C4)oc12. The molecule has 0 bridgehead atoms. The number of amides is 1. The number of carbonyl (C=O) groups excluding carboxylic acids is 1. The van der Waals surface area contributed by atoms with Crippen molar-refractivity contribution in [3.63, 3.8) is 0 Å². The topological polar surface area (TPSA) is 58.0 Å². The van der Waals surface area contributed by atoms with Crippen LogP contribution in [0, 0.1) is 5.41 Å². The van der Waals surface area contributed by atoms with Crippen LogP contribution in [0.1, 0.15) is 40.9 Å². The number of benzene rings is 2. The Balaban J connectivity index is 1.05. The van der Waals surface area contributed by atoms with Crippen molar-refractivity contribution >= 4 is 34.2 Å². The molecule has 7 heteroatoms. The van der Waals surface area contributed by atoms with E-state index in [-0.39, 0.29) is 11.3 Å². The molecule has 0 radical (unpaired) electrons. The molecule has 6 rings (SSSR count). The molecular weight excluding hydrogens is 458 g/mol. The van der Waals surface area contributed by atoms with Crippen LogP contribution >= 0.6 is 12.2 Å². The van der Waals surface area contributed by atoms with Crippen molar-refractivity contribution in [2.24, 2.45) is 5.41 Å². The van der Waals surface area contributed by atoms with Gasteiger partial charge in [0.05, 0.1) is 7.11 Å². The monoisotopic (exact) mass is 489 g/mol. The smallest absolute Gasteiger partial charge is 0.289 e. The molecule has 0 unspecified atom stereocenters. The number of para-hydroxylation sites is 1. The lowest BCUT2D eigenvalue weighted by Gasteiger charge is -2.39. The highest BCUT2D eigenvalue weighted by Gasteiger charge is 2.42. The molecule has 1 amide bonds. The number of piperidine rings is 1. The minimum atomic E-state index is -0.0362. The Kier molecular flexibility index (Phi) is 5.67. The first-order valence-electron chi connectivity index (χ1n) is 12.5. The van der Waals surface area contributed by atoms with Gasteiger partial charge in [0.2, 0.25) is 0 Å². The number of hydrogen-bond donors (Lipinski definition) is 1. The first kappa shape index (κ1) is 22.4. The predicted octanol–water partition coefficient (Wildman–Crippen LogP) is 4.41. The van der Waals surface area contributed by atoms with Crippen molar-refractivity contribution in [3.8, 4) is 5.75 Å². The van der Waals surface area contributed by atoms with E-state index in [0.717, 1.165) is 68.8 Å². The van der Waals surface area contributed by atoms with Crippen molar-refractivity contribution in [3.05, 3.63) is 65.4 Å². The minimum absolute atomic E-state index is 0.0362. The second kappa shape index (κ2) is 8.86. The van der Waals surface area contributed by atoms with Crippen LogP contribution in [-0.4, -0.2) is 60.2 Å². The standard InChI is InChI=1S/C28H31N3O3S/c1-33-23-8-4-7-21-17-24(34-25(21)23)26(32)30-12-9-28(10-13-30)11-14-31(18-28)27(35)29-22-15-19-5-2-3-6-20(19)16-22/h2-8,17,22H,9-16,18H2,1H3,(H,29,35). The van der Waals surface area contributed by atoms with E-state index >= 15 is 0 Å². The van der Waals surface area contributed by atoms with Crippen LogP contribution in [0.15, 0.2) is 52.9 Å². The Hall–Kier alpha value is -3.06. The number of nitrogens with zero attached hydrogens (tertiary/aromatic N) is 2. The number of fused-ring (bicyclic) bond motifs is 2. The second-order valence-electron chi connectivity index (χ2n) is 10.3. The van der Waals surface area contributed by atoms with E-state index in [1.807, 2.05) is 29.2 Å². The summed E-state index contributed by atoms with van der Waals surface area (Å²) in [5, 5.41) is 5.40. The number of furan rings is 1.